The normalized spacial score (nSPS) is 12.6. The van der Waals surface area contributed by atoms with Crippen molar-refractivity contribution in [3.63, 3.8) is 0 Å². The summed E-state index contributed by atoms with van der Waals surface area (Å²) in [5.41, 5.74) is 2.22. The summed E-state index contributed by atoms with van der Waals surface area (Å²) >= 11 is 0. The number of carbonyl (C=O) groups excluding carboxylic acids is 3. The van der Waals surface area contributed by atoms with E-state index in [2.05, 4.69) is 5.32 Å². The van der Waals surface area contributed by atoms with E-state index in [9.17, 15) is 18.8 Å². The molecule has 0 unspecified atom stereocenters. The Morgan fingerprint density at radius 1 is 0.935 bits per heavy atom. The molecule has 0 atom stereocenters. The Labute approximate surface area is 178 Å². The third-order valence-corrected chi connectivity index (χ3v) is 5.07. The number of nitrogens with zero attached hydrogens (tertiary/aromatic N) is 1. The van der Waals surface area contributed by atoms with Crippen LogP contribution in [0.5, 0.6) is 5.75 Å². The molecule has 1 N–H and O–H groups in total. The first-order chi connectivity index (χ1) is 15.0. The molecule has 0 saturated carbocycles. The number of carbonyl (C=O) groups is 3. The van der Waals surface area contributed by atoms with E-state index in [-0.39, 0.29) is 36.3 Å². The van der Waals surface area contributed by atoms with E-state index in [4.69, 9.17) is 4.74 Å². The van der Waals surface area contributed by atoms with Gasteiger partial charge in [-0.2, -0.15) is 0 Å². The van der Waals surface area contributed by atoms with E-state index in [1.54, 1.807) is 54.6 Å². The van der Waals surface area contributed by atoms with Gasteiger partial charge in [-0.3, -0.25) is 19.3 Å². The molecule has 0 fully saturated rings. The summed E-state index contributed by atoms with van der Waals surface area (Å²) in [6.45, 7) is 0.170. The highest BCUT2D eigenvalue weighted by Crippen LogP contribution is 2.26. The molecule has 31 heavy (non-hydrogen) atoms. The Kier molecular flexibility index (Phi) is 5.49. The molecule has 3 aromatic rings. The minimum atomic E-state index is -0.412. The van der Waals surface area contributed by atoms with Gasteiger partial charge in [0.15, 0.2) is 0 Å². The molecule has 3 aromatic carbocycles. The van der Waals surface area contributed by atoms with Gasteiger partial charge in [0.05, 0.1) is 30.3 Å². The maximum atomic E-state index is 13.3. The minimum Gasteiger partial charge on any atom is -0.496 e. The number of fused-ring (bicyclic) bond motifs is 1. The van der Waals surface area contributed by atoms with E-state index in [1.807, 2.05) is 0 Å². The summed E-state index contributed by atoms with van der Waals surface area (Å²) in [5, 5.41) is 2.74. The molecule has 1 heterocycles. The lowest BCUT2D eigenvalue weighted by atomic mass is 10.1. The molecule has 0 aromatic heterocycles. The summed E-state index contributed by atoms with van der Waals surface area (Å²) in [6.07, 6.45) is 0. The Balaban J connectivity index is 1.53. The number of hydrogen-bond donors (Lipinski definition) is 1. The summed E-state index contributed by atoms with van der Waals surface area (Å²) in [6, 6.07) is 17.5. The smallest absolute Gasteiger partial charge is 0.261 e. The molecule has 4 rings (SSSR count). The van der Waals surface area contributed by atoms with E-state index in [1.165, 1.54) is 19.2 Å². The lowest BCUT2D eigenvalue weighted by Gasteiger charge is -2.16. The molecular formula is C24H19FN2O4. The van der Waals surface area contributed by atoms with E-state index in [0.717, 1.165) is 4.90 Å². The summed E-state index contributed by atoms with van der Waals surface area (Å²) in [4.78, 5) is 39.1. The molecule has 1 aliphatic heterocycles. The minimum absolute atomic E-state index is 0.0283. The van der Waals surface area contributed by atoms with Gasteiger partial charge >= 0.3 is 0 Å². The highest BCUT2D eigenvalue weighted by Gasteiger charge is 2.35. The molecular weight excluding hydrogens is 399 g/mol. The number of rotatable bonds is 6. The predicted octanol–water partition coefficient (Wildman–Crippen LogP) is 3.56. The first-order valence-corrected chi connectivity index (χ1v) is 9.62. The Hall–Kier alpha value is -4.00. The molecule has 0 saturated heterocycles. The summed E-state index contributed by atoms with van der Waals surface area (Å²) in [7, 11) is 1.45. The van der Waals surface area contributed by atoms with Gasteiger partial charge in [0.2, 0.25) is 0 Å². The number of ether oxygens (including phenoxy) is 1. The van der Waals surface area contributed by atoms with Crippen LogP contribution in [0.1, 0.15) is 42.2 Å². The largest absolute Gasteiger partial charge is 0.496 e. The van der Waals surface area contributed by atoms with Crippen LogP contribution in [0.4, 0.5) is 4.39 Å². The van der Waals surface area contributed by atoms with Crippen LogP contribution in [-0.4, -0.2) is 29.7 Å². The second kappa shape index (κ2) is 8.39. The number of methoxy groups -OCH3 is 1. The van der Waals surface area contributed by atoms with Gasteiger partial charge in [-0.05, 0) is 47.5 Å². The maximum absolute atomic E-state index is 13.3. The zero-order chi connectivity index (χ0) is 22.0. The topological polar surface area (TPSA) is 75.7 Å². The van der Waals surface area contributed by atoms with Crippen LogP contribution < -0.4 is 10.1 Å². The van der Waals surface area contributed by atoms with E-state index < -0.39 is 5.91 Å². The molecule has 0 bridgehead atoms. The van der Waals surface area contributed by atoms with Crippen LogP contribution in [0.25, 0.3) is 0 Å². The van der Waals surface area contributed by atoms with Crippen molar-refractivity contribution >= 4 is 17.7 Å². The predicted molar refractivity (Wildman–Crippen MR) is 111 cm³/mol. The average Bonchev–Trinajstić information content (AvgIpc) is 3.02. The van der Waals surface area contributed by atoms with Crippen LogP contribution >= 0.6 is 0 Å². The van der Waals surface area contributed by atoms with Crippen LogP contribution in [-0.2, 0) is 13.1 Å². The van der Waals surface area contributed by atoms with Gasteiger partial charge < -0.3 is 10.1 Å². The van der Waals surface area contributed by atoms with Gasteiger partial charge in [0, 0.05) is 6.54 Å². The molecule has 1 aliphatic rings. The molecule has 7 heteroatoms. The second-order valence-electron chi connectivity index (χ2n) is 7.09. The quantitative estimate of drug-likeness (QED) is 0.621. The number of halogens is 1. The fourth-order valence-electron chi connectivity index (χ4n) is 3.52. The number of hydrogen-bond acceptors (Lipinski definition) is 4. The van der Waals surface area contributed by atoms with Crippen molar-refractivity contribution in [3.05, 3.63) is 100 Å². The first kappa shape index (κ1) is 20.3. The standard InChI is InChI=1S/C24H19FN2O4/c1-31-21-10-9-16(14-27-23(29)18-7-2-3-8-19(18)24(27)30)12-20(21)22(28)26-13-15-5-4-6-17(25)11-15/h2-12H,13-14H2,1H3,(H,26,28). The highest BCUT2D eigenvalue weighted by atomic mass is 19.1. The fraction of sp³-hybridized carbons (Fsp3) is 0.125. The van der Waals surface area contributed by atoms with Crippen molar-refractivity contribution in [2.45, 2.75) is 13.1 Å². The third kappa shape index (κ3) is 4.02. The van der Waals surface area contributed by atoms with Gasteiger partial charge in [0.1, 0.15) is 11.6 Å². The van der Waals surface area contributed by atoms with Gasteiger partial charge in [0.25, 0.3) is 17.7 Å². The Bertz CT molecular complexity index is 1160. The zero-order valence-electron chi connectivity index (χ0n) is 16.7. The van der Waals surface area contributed by atoms with Crippen LogP contribution in [0.15, 0.2) is 66.7 Å². The number of benzene rings is 3. The molecule has 0 spiro atoms. The average molecular weight is 418 g/mol. The zero-order valence-corrected chi connectivity index (χ0v) is 16.7. The SMILES string of the molecule is COc1ccc(CN2C(=O)c3ccccc3C2=O)cc1C(=O)NCc1cccc(F)c1. The van der Waals surface area contributed by atoms with E-state index in [0.29, 0.717) is 28.0 Å². The van der Waals surface area contributed by atoms with Crippen LogP contribution in [0.2, 0.25) is 0 Å². The van der Waals surface area contributed by atoms with Crippen molar-refractivity contribution in [2.75, 3.05) is 7.11 Å². The second-order valence-corrected chi connectivity index (χ2v) is 7.09. The number of nitrogens with one attached hydrogen (secondary N) is 1. The summed E-state index contributed by atoms with van der Waals surface area (Å²) < 4.78 is 18.6. The van der Waals surface area contributed by atoms with Crippen molar-refractivity contribution in [1.29, 1.82) is 0 Å². The van der Waals surface area contributed by atoms with Gasteiger partial charge in [-0.15, -0.1) is 0 Å². The monoisotopic (exact) mass is 418 g/mol. The molecule has 0 aliphatic carbocycles. The molecule has 156 valence electrons. The third-order valence-electron chi connectivity index (χ3n) is 5.07. The maximum Gasteiger partial charge on any atom is 0.261 e. The summed E-state index contributed by atoms with van der Waals surface area (Å²) in [5.74, 6) is -1.18. The van der Waals surface area contributed by atoms with Crippen molar-refractivity contribution in [3.8, 4) is 5.75 Å². The Morgan fingerprint density at radius 3 is 2.29 bits per heavy atom. The van der Waals surface area contributed by atoms with Crippen molar-refractivity contribution < 1.29 is 23.5 Å². The highest BCUT2D eigenvalue weighted by molar-refractivity contribution is 6.21. The molecule has 0 radical (unpaired) electrons. The van der Waals surface area contributed by atoms with Crippen LogP contribution in [0.3, 0.4) is 0 Å². The van der Waals surface area contributed by atoms with Crippen molar-refractivity contribution in [1.82, 2.24) is 10.2 Å². The first-order valence-electron chi connectivity index (χ1n) is 9.62. The Morgan fingerprint density at radius 2 is 1.65 bits per heavy atom. The van der Waals surface area contributed by atoms with Crippen molar-refractivity contribution in [2.24, 2.45) is 0 Å². The van der Waals surface area contributed by atoms with E-state index >= 15 is 0 Å². The van der Waals surface area contributed by atoms with Crippen LogP contribution in [0, 0.1) is 5.82 Å². The molecule has 3 amide bonds. The fourth-order valence-corrected chi connectivity index (χ4v) is 3.52. The number of amides is 3. The molecule has 6 nitrogen and oxygen atoms in total. The van der Waals surface area contributed by atoms with Gasteiger partial charge in [-0.1, -0.05) is 30.3 Å². The number of imide groups is 1. The lowest BCUT2D eigenvalue weighted by molar-refractivity contribution is 0.0642. The van der Waals surface area contributed by atoms with Gasteiger partial charge in [-0.25, -0.2) is 4.39 Å². The lowest BCUT2D eigenvalue weighted by Crippen LogP contribution is -2.29.